The van der Waals surface area contributed by atoms with Gasteiger partial charge in [-0.1, -0.05) is 0 Å². The van der Waals surface area contributed by atoms with E-state index in [0.717, 1.165) is 47.0 Å². The third-order valence-electron chi connectivity index (χ3n) is 4.57. The van der Waals surface area contributed by atoms with Crippen LogP contribution < -0.4 is 5.32 Å². The number of benzene rings is 2. The second kappa shape index (κ2) is 5.21. The minimum atomic E-state index is -0.0889. The highest BCUT2D eigenvalue weighted by atomic mass is 16.3. The van der Waals surface area contributed by atoms with Gasteiger partial charge in [0.25, 0.3) is 0 Å². The van der Waals surface area contributed by atoms with Crippen molar-refractivity contribution in [1.82, 2.24) is 10.3 Å². The maximum absolute atomic E-state index is 9.81. The Morgan fingerprint density at radius 1 is 1.04 bits per heavy atom. The van der Waals surface area contributed by atoms with Gasteiger partial charge in [-0.15, -0.1) is 0 Å². The van der Waals surface area contributed by atoms with Crippen LogP contribution in [0.25, 0.3) is 10.9 Å². The summed E-state index contributed by atoms with van der Waals surface area (Å²) >= 11 is 0. The number of hydrogen-bond acceptors (Lipinski definition) is 4. The fourth-order valence-electron chi connectivity index (χ4n) is 3.41. The molecule has 0 bridgehead atoms. The maximum Gasteiger partial charge on any atom is 0.157 e. The summed E-state index contributed by atoms with van der Waals surface area (Å²) in [6.07, 6.45) is 3.52. The minimum Gasteiger partial charge on any atom is -0.508 e. The Bertz CT molecular complexity index is 885. The molecule has 0 spiro atoms. The number of fused-ring (bicyclic) bond motifs is 2. The first-order valence-electron chi connectivity index (χ1n) is 7.69. The molecule has 5 heteroatoms. The van der Waals surface area contributed by atoms with Crippen LogP contribution >= 0.6 is 0 Å². The van der Waals surface area contributed by atoms with Crippen LogP contribution in [0, 0.1) is 0 Å². The highest BCUT2D eigenvalue weighted by Crippen LogP contribution is 2.36. The number of H-pyrrole nitrogens is 1. The van der Waals surface area contributed by atoms with Crippen molar-refractivity contribution >= 4 is 10.9 Å². The molecule has 5 N–H and O–H groups in total. The van der Waals surface area contributed by atoms with Crippen LogP contribution in [0.4, 0.5) is 0 Å². The molecule has 1 atom stereocenters. The average molecular weight is 310 g/mol. The molecule has 3 aromatic rings. The summed E-state index contributed by atoms with van der Waals surface area (Å²) in [5.41, 5.74) is 4.17. The standard InChI is InChI=1S/C18H18N2O3/c21-12-1-2-15-13(7-12)11(9-20-15)5-16-14-8-18(23)17(22)6-10(14)3-4-19-16/h1-2,6-9,16,19-23H,3-5H2. The smallest absolute Gasteiger partial charge is 0.157 e. The van der Waals surface area contributed by atoms with Crippen LogP contribution in [-0.4, -0.2) is 26.8 Å². The van der Waals surface area contributed by atoms with Crippen molar-refractivity contribution in [3.05, 3.63) is 53.2 Å². The van der Waals surface area contributed by atoms with Crippen molar-refractivity contribution < 1.29 is 15.3 Å². The van der Waals surface area contributed by atoms with E-state index >= 15 is 0 Å². The molecule has 0 saturated carbocycles. The van der Waals surface area contributed by atoms with Crippen LogP contribution in [0.15, 0.2) is 36.5 Å². The number of aromatic nitrogens is 1. The van der Waals surface area contributed by atoms with Gasteiger partial charge in [0.15, 0.2) is 11.5 Å². The highest BCUT2D eigenvalue weighted by molar-refractivity contribution is 5.84. The third-order valence-corrected chi connectivity index (χ3v) is 4.57. The summed E-state index contributed by atoms with van der Waals surface area (Å²) in [6.45, 7) is 0.829. The molecule has 5 nitrogen and oxygen atoms in total. The lowest BCUT2D eigenvalue weighted by molar-refractivity contribution is 0.398. The Morgan fingerprint density at radius 3 is 2.74 bits per heavy atom. The molecule has 1 unspecified atom stereocenters. The zero-order valence-electron chi connectivity index (χ0n) is 12.5. The van der Waals surface area contributed by atoms with Crippen molar-refractivity contribution in [3.63, 3.8) is 0 Å². The predicted molar refractivity (Wildman–Crippen MR) is 87.9 cm³/mol. The zero-order chi connectivity index (χ0) is 16.0. The van der Waals surface area contributed by atoms with Crippen molar-refractivity contribution in [3.8, 4) is 17.2 Å². The first-order valence-corrected chi connectivity index (χ1v) is 7.69. The van der Waals surface area contributed by atoms with E-state index in [1.807, 2.05) is 12.3 Å². The second-order valence-electron chi connectivity index (χ2n) is 6.04. The van der Waals surface area contributed by atoms with Crippen LogP contribution in [0.1, 0.15) is 22.7 Å². The van der Waals surface area contributed by atoms with Crippen LogP contribution in [0.5, 0.6) is 17.2 Å². The topological polar surface area (TPSA) is 88.5 Å². The van der Waals surface area contributed by atoms with Crippen molar-refractivity contribution in [2.45, 2.75) is 18.9 Å². The van der Waals surface area contributed by atoms with Gasteiger partial charge in [0.05, 0.1) is 0 Å². The lowest BCUT2D eigenvalue weighted by Crippen LogP contribution is -2.31. The quantitative estimate of drug-likeness (QED) is 0.471. The average Bonchev–Trinajstić information content (AvgIpc) is 2.91. The molecular weight excluding hydrogens is 292 g/mol. The molecule has 2 heterocycles. The lowest BCUT2D eigenvalue weighted by Gasteiger charge is -2.27. The summed E-state index contributed by atoms with van der Waals surface area (Å²) in [4.78, 5) is 3.22. The Balaban J connectivity index is 1.72. The third kappa shape index (κ3) is 2.39. The fourth-order valence-corrected chi connectivity index (χ4v) is 3.41. The van der Waals surface area contributed by atoms with E-state index in [0.29, 0.717) is 0 Å². The molecule has 118 valence electrons. The molecule has 4 rings (SSSR count). The first-order chi connectivity index (χ1) is 11.1. The fraction of sp³-hybridized carbons (Fsp3) is 0.222. The van der Waals surface area contributed by atoms with E-state index in [9.17, 15) is 15.3 Å². The number of nitrogens with one attached hydrogen (secondary N) is 2. The van der Waals surface area contributed by atoms with Gasteiger partial charge >= 0.3 is 0 Å². The molecule has 2 aromatic carbocycles. The van der Waals surface area contributed by atoms with Crippen LogP contribution in [0.3, 0.4) is 0 Å². The van der Waals surface area contributed by atoms with E-state index in [1.54, 1.807) is 24.3 Å². The van der Waals surface area contributed by atoms with E-state index in [2.05, 4.69) is 10.3 Å². The maximum atomic E-state index is 9.81. The molecule has 1 aromatic heterocycles. The molecule has 0 fully saturated rings. The summed E-state index contributed by atoms with van der Waals surface area (Å²) in [5, 5.41) is 33.7. The number of phenolic OH excluding ortho intramolecular Hbond substituents is 3. The largest absolute Gasteiger partial charge is 0.508 e. The Hall–Kier alpha value is -2.66. The van der Waals surface area contributed by atoms with Gasteiger partial charge in [-0.3, -0.25) is 0 Å². The molecule has 1 aliphatic heterocycles. The Labute approximate surface area is 133 Å². The van der Waals surface area contributed by atoms with E-state index in [1.165, 1.54) is 0 Å². The molecule has 1 aliphatic rings. The normalized spacial score (nSPS) is 17.3. The van der Waals surface area contributed by atoms with Crippen molar-refractivity contribution in [1.29, 1.82) is 0 Å². The number of phenols is 3. The van der Waals surface area contributed by atoms with Gasteiger partial charge in [-0.05, 0) is 66.4 Å². The van der Waals surface area contributed by atoms with Gasteiger partial charge in [0.1, 0.15) is 5.75 Å². The molecule has 0 aliphatic carbocycles. The molecule has 0 saturated heterocycles. The molecule has 0 amide bonds. The summed E-state index contributed by atoms with van der Waals surface area (Å²) in [7, 11) is 0. The predicted octanol–water partition coefficient (Wildman–Crippen LogP) is 2.71. The summed E-state index contributed by atoms with van der Waals surface area (Å²) in [6, 6.07) is 8.65. The Morgan fingerprint density at radius 2 is 1.87 bits per heavy atom. The second-order valence-corrected chi connectivity index (χ2v) is 6.04. The number of aromatic amines is 1. The lowest BCUT2D eigenvalue weighted by atomic mass is 9.90. The molecular formula is C18H18N2O3. The highest BCUT2D eigenvalue weighted by Gasteiger charge is 2.23. The first kappa shape index (κ1) is 14.0. The van der Waals surface area contributed by atoms with Crippen molar-refractivity contribution in [2.24, 2.45) is 0 Å². The number of rotatable bonds is 2. The van der Waals surface area contributed by atoms with Crippen molar-refractivity contribution in [2.75, 3.05) is 6.54 Å². The van der Waals surface area contributed by atoms with Gasteiger partial charge in [0.2, 0.25) is 0 Å². The number of aromatic hydroxyl groups is 3. The van der Waals surface area contributed by atoms with Crippen LogP contribution in [0.2, 0.25) is 0 Å². The number of hydrogen-bond donors (Lipinski definition) is 5. The van der Waals surface area contributed by atoms with Gasteiger partial charge in [-0.25, -0.2) is 0 Å². The molecule has 0 radical (unpaired) electrons. The zero-order valence-corrected chi connectivity index (χ0v) is 12.5. The monoisotopic (exact) mass is 310 g/mol. The van der Waals surface area contributed by atoms with E-state index < -0.39 is 0 Å². The van der Waals surface area contributed by atoms with E-state index in [-0.39, 0.29) is 23.3 Å². The molecule has 23 heavy (non-hydrogen) atoms. The summed E-state index contributed by atoms with van der Waals surface area (Å²) in [5.74, 6) is 0.0911. The van der Waals surface area contributed by atoms with Gasteiger partial charge in [-0.2, -0.15) is 0 Å². The van der Waals surface area contributed by atoms with Gasteiger partial charge < -0.3 is 25.6 Å². The Kier molecular flexibility index (Phi) is 3.16. The SMILES string of the molecule is Oc1ccc2[nH]cc(CC3NCCc4cc(O)c(O)cc43)c2c1. The minimum absolute atomic E-state index is 0.0617. The summed E-state index contributed by atoms with van der Waals surface area (Å²) < 4.78 is 0. The van der Waals surface area contributed by atoms with E-state index in [4.69, 9.17) is 0 Å². The van der Waals surface area contributed by atoms with Crippen LogP contribution in [-0.2, 0) is 12.8 Å². The van der Waals surface area contributed by atoms with Gasteiger partial charge in [0, 0.05) is 23.1 Å².